The van der Waals surface area contributed by atoms with Crippen molar-refractivity contribution in [1.82, 2.24) is 0 Å². The summed E-state index contributed by atoms with van der Waals surface area (Å²) in [4.78, 5) is 0. The second-order valence-corrected chi connectivity index (χ2v) is 7.05. The van der Waals surface area contributed by atoms with E-state index in [0.29, 0.717) is 6.10 Å². The van der Waals surface area contributed by atoms with Gasteiger partial charge in [-0.1, -0.05) is 31.4 Å². The summed E-state index contributed by atoms with van der Waals surface area (Å²) in [5.41, 5.74) is 0. The van der Waals surface area contributed by atoms with Gasteiger partial charge in [0.25, 0.3) is 0 Å². The lowest BCUT2D eigenvalue weighted by atomic mass is 9.70. The minimum absolute atomic E-state index is 0.564. The SMILES string of the molecule is C/C=C\CCCC1CCC(C2CCC(OC)CC2)CC1. The van der Waals surface area contributed by atoms with Gasteiger partial charge in [0.1, 0.15) is 0 Å². The van der Waals surface area contributed by atoms with E-state index < -0.39 is 0 Å². The van der Waals surface area contributed by atoms with Crippen molar-refractivity contribution in [2.75, 3.05) is 7.11 Å². The predicted molar refractivity (Wildman–Crippen MR) is 86.9 cm³/mol. The van der Waals surface area contributed by atoms with Crippen LogP contribution in [-0.4, -0.2) is 13.2 Å². The molecule has 0 aliphatic heterocycles. The Morgan fingerprint density at radius 1 is 0.900 bits per heavy atom. The summed E-state index contributed by atoms with van der Waals surface area (Å²) in [5, 5.41) is 0. The van der Waals surface area contributed by atoms with Crippen molar-refractivity contribution in [1.29, 1.82) is 0 Å². The van der Waals surface area contributed by atoms with Crippen molar-refractivity contribution in [3.8, 4) is 0 Å². The van der Waals surface area contributed by atoms with Gasteiger partial charge in [0, 0.05) is 7.11 Å². The summed E-state index contributed by atoms with van der Waals surface area (Å²) in [6.07, 6.45) is 20.7. The molecule has 0 radical (unpaired) electrons. The van der Waals surface area contributed by atoms with Gasteiger partial charge >= 0.3 is 0 Å². The Labute approximate surface area is 126 Å². The molecule has 1 nitrogen and oxygen atoms in total. The van der Waals surface area contributed by atoms with E-state index in [1.165, 1.54) is 70.6 Å². The van der Waals surface area contributed by atoms with E-state index in [9.17, 15) is 0 Å². The number of rotatable bonds is 6. The number of methoxy groups -OCH3 is 1. The molecule has 0 N–H and O–H groups in total. The third-order valence-corrected chi connectivity index (χ3v) is 5.83. The topological polar surface area (TPSA) is 9.23 Å². The van der Waals surface area contributed by atoms with E-state index in [1.54, 1.807) is 0 Å². The second-order valence-electron chi connectivity index (χ2n) is 7.05. The first kappa shape index (κ1) is 16.1. The van der Waals surface area contributed by atoms with Crippen molar-refractivity contribution in [3.63, 3.8) is 0 Å². The fraction of sp³-hybridized carbons (Fsp3) is 0.895. The Kier molecular flexibility index (Phi) is 7.13. The Morgan fingerprint density at radius 3 is 2.05 bits per heavy atom. The highest BCUT2D eigenvalue weighted by Gasteiger charge is 2.30. The molecular formula is C19H34O. The van der Waals surface area contributed by atoms with Crippen molar-refractivity contribution >= 4 is 0 Å². The minimum Gasteiger partial charge on any atom is -0.381 e. The van der Waals surface area contributed by atoms with Crippen LogP contribution in [0.5, 0.6) is 0 Å². The third-order valence-electron chi connectivity index (χ3n) is 5.83. The lowest BCUT2D eigenvalue weighted by Crippen LogP contribution is -2.28. The Hall–Kier alpha value is -0.300. The highest BCUT2D eigenvalue weighted by Crippen LogP contribution is 2.41. The number of hydrogen-bond acceptors (Lipinski definition) is 1. The number of unbranched alkanes of at least 4 members (excludes halogenated alkanes) is 1. The zero-order valence-corrected chi connectivity index (χ0v) is 13.7. The lowest BCUT2D eigenvalue weighted by Gasteiger charge is -2.37. The van der Waals surface area contributed by atoms with Crippen LogP contribution in [0.1, 0.15) is 77.6 Å². The van der Waals surface area contributed by atoms with Crippen LogP contribution in [0.4, 0.5) is 0 Å². The monoisotopic (exact) mass is 278 g/mol. The molecule has 0 atom stereocenters. The normalized spacial score (nSPS) is 35.5. The molecule has 0 aromatic carbocycles. The molecule has 0 heterocycles. The molecule has 20 heavy (non-hydrogen) atoms. The molecule has 1 heteroatoms. The molecule has 2 aliphatic rings. The van der Waals surface area contributed by atoms with Gasteiger partial charge < -0.3 is 4.74 Å². The van der Waals surface area contributed by atoms with Gasteiger partial charge in [-0.15, -0.1) is 0 Å². The van der Waals surface area contributed by atoms with Crippen LogP contribution in [0.25, 0.3) is 0 Å². The third kappa shape index (κ3) is 4.91. The highest BCUT2D eigenvalue weighted by atomic mass is 16.5. The van der Waals surface area contributed by atoms with E-state index in [0.717, 1.165) is 17.8 Å². The van der Waals surface area contributed by atoms with Gasteiger partial charge in [-0.2, -0.15) is 0 Å². The predicted octanol–water partition coefficient (Wildman–Crippen LogP) is 5.74. The van der Waals surface area contributed by atoms with Gasteiger partial charge in [0.2, 0.25) is 0 Å². The summed E-state index contributed by atoms with van der Waals surface area (Å²) in [6, 6.07) is 0. The quantitative estimate of drug-likeness (QED) is 0.444. The van der Waals surface area contributed by atoms with Gasteiger partial charge in [0.05, 0.1) is 6.10 Å². The van der Waals surface area contributed by atoms with E-state index in [2.05, 4.69) is 19.1 Å². The first-order valence-corrected chi connectivity index (χ1v) is 8.97. The van der Waals surface area contributed by atoms with Crippen molar-refractivity contribution in [2.45, 2.75) is 83.7 Å². The van der Waals surface area contributed by atoms with Crippen LogP contribution < -0.4 is 0 Å². The number of ether oxygens (including phenoxy) is 1. The Bertz CT molecular complexity index is 267. The molecule has 2 rings (SSSR count). The molecule has 0 aromatic heterocycles. The smallest absolute Gasteiger partial charge is 0.0571 e. The molecule has 0 bridgehead atoms. The van der Waals surface area contributed by atoms with Crippen LogP contribution in [0.2, 0.25) is 0 Å². The maximum atomic E-state index is 5.50. The molecule has 0 amide bonds. The molecule has 116 valence electrons. The van der Waals surface area contributed by atoms with E-state index in [-0.39, 0.29) is 0 Å². The van der Waals surface area contributed by atoms with E-state index in [1.807, 2.05) is 7.11 Å². The maximum Gasteiger partial charge on any atom is 0.0571 e. The van der Waals surface area contributed by atoms with Crippen LogP contribution in [0, 0.1) is 17.8 Å². The summed E-state index contributed by atoms with van der Waals surface area (Å²) < 4.78 is 5.50. The molecule has 2 fully saturated rings. The van der Waals surface area contributed by atoms with Crippen LogP contribution in [-0.2, 0) is 4.74 Å². The Morgan fingerprint density at radius 2 is 1.50 bits per heavy atom. The zero-order valence-electron chi connectivity index (χ0n) is 13.7. The van der Waals surface area contributed by atoms with Gasteiger partial charge in [-0.05, 0) is 76.0 Å². The second kappa shape index (κ2) is 8.87. The first-order valence-electron chi connectivity index (χ1n) is 8.97. The van der Waals surface area contributed by atoms with Gasteiger partial charge in [-0.3, -0.25) is 0 Å². The van der Waals surface area contributed by atoms with Crippen LogP contribution in [0.15, 0.2) is 12.2 Å². The fourth-order valence-corrected chi connectivity index (χ4v) is 4.44. The van der Waals surface area contributed by atoms with E-state index >= 15 is 0 Å². The summed E-state index contributed by atoms with van der Waals surface area (Å²) >= 11 is 0. The molecule has 0 saturated heterocycles. The van der Waals surface area contributed by atoms with Crippen molar-refractivity contribution < 1.29 is 4.74 Å². The first-order chi connectivity index (χ1) is 9.83. The van der Waals surface area contributed by atoms with Crippen molar-refractivity contribution in [3.05, 3.63) is 12.2 Å². The minimum atomic E-state index is 0.564. The molecule has 2 aliphatic carbocycles. The Balaban J connectivity index is 1.62. The largest absolute Gasteiger partial charge is 0.381 e. The van der Waals surface area contributed by atoms with Crippen LogP contribution in [0.3, 0.4) is 0 Å². The van der Waals surface area contributed by atoms with Gasteiger partial charge in [0.15, 0.2) is 0 Å². The average Bonchev–Trinajstić information content (AvgIpc) is 2.52. The molecule has 2 saturated carbocycles. The summed E-state index contributed by atoms with van der Waals surface area (Å²) in [7, 11) is 1.88. The standard InChI is InChI=1S/C19H34O/c1-3-4-5-6-7-16-8-10-17(11-9-16)18-12-14-19(20-2)15-13-18/h3-4,16-19H,5-15H2,1-2H3/b4-3-. The molecule has 0 spiro atoms. The fourth-order valence-electron chi connectivity index (χ4n) is 4.44. The molecular weight excluding hydrogens is 244 g/mol. The molecule has 0 aromatic rings. The number of allylic oxidation sites excluding steroid dienone is 2. The number of hydrogen-bond donors (Lipinski definition) is 0. The van der Waals surface area contributed by atoms with Crippen LogP contribution >= 0.6 is 0 Å². The van der Waals surface area contributed by atoms with Gasteiger partial charge in [-0.25, -0.2) is 0 Å². The average molecular weight is 278 g/mol. The van der Waals surface area contributed by atoms with Crippen molar-refractivity contribution in [2.24, 2.45) is 17.8 Å². The molecule has 0 unspecified atom stereocenters. The highest BCUT2D eigenvalue weighted by molar-refractivity contribution is 4.83. The van der Waals surface area contributed by atoms with E-state index in [4.69, 9.17) is 4.74 Å². The summed E-state index contributed by atoms with van der Waals surface area (Å²) in [6.45, 7) is 2.13. The zero-order chi connectivity index (χ0) is 14.2. The summed E-state index contributed by atoms with van der Waals surface area (Å²) in [5.74, 6) is 3.09. The lowest BCUT2D eigenvalue weighted by molar-refractivity contribution is 0.0391. The maximum absolute atomic E-state index is 5.50.